The van der Waals surface area contributed by atoms with E-state index in [1.807, 2.05) is 0 Å². The van der Waals surface area contributed by atoms with E-state index in [1.54, 1.807) is 0 Å². The van der Waals surface area contributed by atoms with E-state index in [0.29, 0.717) is 0 Å². The molecule has 0 spiro atoms. The van der Waals surface area contributed by atoms with E-state index >= 15 is 0 Å². The van der Waals surface area contributed by atoms with Crippen molar-refractivity contribution in [3.05, 3.63) is 41.5 Å². The lowest BCUT2D eigenvalue weighted by atomic mass is 9.92. The minimum atomic E-state index is 1.12. The fourth-order valence-corrected chi connectivity index (χ4v) is 1.71. The highest BCUT2D eigenvalue weighted by Gasteiger charge is 2.06. The predicted octanol–water partition coefficient (Wildman–Crippen LogP) is 4.37. The minimum Gasteiger partial charge on any atom is -0.0952 e. The summed E-state index contributed by atoms with van der Waals surface area (Å²) in [5.41, 5.74) is 5.30. The molecule has 0 N–H and O–H groups in total. The second-order valence-corrected chi connectivity index (χ2v) is 3.88. The number of allylic oxidation sites excluding steroid dienone is 1. The first-order valence-electron chi connectivity index (χ1n) is 5.31. The number of unbranched alkanes of at least 4 members (excludes halogenated alkanes) is 1. The standard InChI is InChI=1S/C14H16/c1-3-4-5-11(2)13-8-6-12-7-9-14(12)10-13/h6-10H,2-5H2,1H3. The first-order chi connectivity index (χ1) is 6.81. The summed E-state index contributed by atoms with van der Waals surface area (Å²) >= 11 is 0. The predicted molar refractivity (Wildman–Crippen MR) is 63.9 cm³/mol. The molecule has 0 amide bonds. The molecule has 0 saturated heterocycles. The van der Waals surface area contributed by atoms with Crippen molar-refractivity contribution in [2.24, 2.45) is 0 Å². The smallest absolute Gasteiger partial charge is 0.0178 e. The van der Waals surface area contributed by atoms with Gasteiger partial charge in [-0.05, 0) is 41.2 Å². The maximum atomic E-state index is 4.13. The van der Waals surface area contributed by atoms with Crippen LogP contribution in [-0.4, -0.2) is 0 Å². The topological polar surface area (TPSA) is 0 Å². The largest absolute Gasteiger partial charge is 0.0952 e. The van der Waals surface area contributed by atoms with Crippen LogP contribution in [0.5, 0.6) is 0 Å². The lowest BCUT2D eigenvalue weighted by molar-refractivity contribution is 0.825. The van der Waals surface area contributed by atoms with Gasteiger partial charge >= 0.3 is 0 Å². The molecule has 0 nitrogen and oxygen atoms in total. The summed E-state index contributed by atoms with van der Waals surface area (Å²) in [5, 5.41) is 0. The zero-order valence-electron chi connectivity index (χ0n) is 8.72. The zero-order chi connectivity index (χ0) is 9.97. The van der Waals surface area contributed by atoms with Crippen LogP contribution >= 0.6 is 0 Å². The lowest BCUT2D eigenvalue weighted by Gasteiger charge is -2.13. The van der Waals surface area contributed by atoms with Crippen molar-refractivity contribution in [2.45, 2.75) is 26.2 Å². The maximum absolute atomic E-state index is 4.13. The molecule has 0 atom stereocenters. The maximum Gasteiger partial charge on any atom is -0.0178 e. The second-order valence-electron chi connectivity index (χ2n) is 3.88. The summed E-state index contributed by atoms with van der Waals surface area (Å²) in [6, 6.07) is 6.61. The van der Waals surface area contributed by atoms with Gasteiger partial charge in [-0.3, -0.25) is 0 Å². The Morgan fingerprint density at radius 3 is 2.57 bits per heavy atom. The quantitative estimate of drug-likeness (QED) is 0.661. The molecule has 0 heterocycles. The van der Waals surface area contributed by atoms with Crippen molar-refractivity contribution in [1.82, 2.24) is 0 Å². The average molecular weight is 184 g/mol. The summed E-state index contributed by atoms with van der Waals surface area (Å²) in [5.74, 6) is 0. The van der Waals surface area contributed by atoms with Crippen molar-refractivity contribution in [3.63, 3.8) is 0 Å². The number of rotatable bonds is 4. The van der Waals surface area contributed by atoms with Crippen LogP contribution in [-0.2, 0) is 0 Å². The minimum absolute atomic E-state index is 1.12. The summed E-state index contributed by atoms with van der Waals surface area (Å²) in [6.07, 6.45) is 7.91. The monoisotopic (exact) mass is 184 g/mol. The van der Waals surface area contributed by atoms with Gasteiger partial charge in [0.2, 0.25) is 0 Å². The average Bonchev–Trinajstić information content (AvgIpc) is 2.16. The van der Waals surface area contributed by atoms with Crippen molar-refractivity contribution in [2.75, 3.05) is 0 Å². The molecule has 0 heteroatoms. The number of hydrogen-bond acceptors (Lipinski definition) is 0. The van der Waals surface area contributed by atoms with Gasteiger partial charge in [0.25, 0.3) is 0 Å². The van der Waals surface area contributed by atoms with Gasteiger partial charge in [-0.15, -0.1) is 0 Å². The van der Waals surface area contributed by atoms with E-state index in [1.165, 1.54) is 35.1 Å². The molecular weight excluding hydrogens is 168 g/mol. The lowest BCUT2D eigenvalue weighted by Crippen LogP contribution is -1.92. The third kappa shape index (κ3) is 1.65. The van der Waals surface area contributed by atoms with Gasteiger partial charge in [0, 0.05) is 0 Å². The number of fused-ring (bicyclic) bond motifs is 1. The van der Waals surface area contributed by atoms with Gasteiger partial charge in [-0.25, -0.2) is 0 Å². The molecule has 2 rings (SSSR count). The molecule has 1 aliphatic carbocycles. The number of benzene rings is 1. The van der Waals surface area contributed by atoms with E-state index in [0.717, 1.165) is 6.42 Å². The third-order valence-corrected chi connectivity index (χ3v) is 2.77. The summed E-state index contributed by atoms with van der Waals surface area (Å²) in [4.78, 5) is 0. The van der Waals surface area contributed by atoms with Gasteiger partial charge < -0.3 is 0 Å². The van der Waals surface area contributed by atoms with Crippen LogP contribution < -0.4 is 0 Å². The first kappa shape index (κ1) is 9.26. The first-order valence-corrected chi connectivity index (χ1v) is 5.31. The Morgan fingerprint density at radius 1 is 1.21 bits per heavy atom. The Morgan fingerprint density at radius 2 is 2.00 bits per heavy atom. The molecular formula is C14H16. The molecule has 0 fully saturated rings. The highest BCUT2D eigenvalue weighted by Crippen LogP contribution is 2.28. The van der Waals surface area contributed by atoms with Gasteiger partial charge in [-0.1, -0.05) is 44.2 Å². The fourth-order valence-electron chi connectivity index (χ4n) is 1.71. The molecule has 14 heavy (non-hydrogen) atoms. The molecule has 0 unspecified atom stereocenters. The number of hydrogen-bond donors (Lipinski definition) is 0. The van der Waals surface area contributed by atoms with Gasteiger partial charge in [0.05, 0.1) is 0 Å². The van der Waals surface area contributed by atoms with E-state index in [2.05, 4.69) is 43.9 Å². The highest BCUT2D eigenvalue weighted by atomic mass is 14.1. The molecule has 1 aromatic carbocycles. The Kier molecular flexibility index (Phi) is 2.53. The van der Waals surface area contributed by atoms with Gasteiger partial charge in [0.15, 0.2) is 0 Å². The van der Waals surface area contributed by atoms with Crippen LogP contribution in [0.4, 0.5) is 0 Å². The van der Waals surface area contributed by atoms with E-state index in [-0.39, 0.29) is 0 Å². The Labute approximate surface area is 86.0 Å². The van der Waals surface area contributed by atoms with Crippen molar-refractivity contribution < 1.29 is 0 Å². The summed E-state index contributed by atoms with van der Waals surface area (Å²) in [7, 11) is 0. The van der Waals surface area contributed by atoms with E-state index in [9.17, 15) is 0 Å². The molecule has 0 saturated carbocycles. The fraction of sp³-hybridized carbons (Fsp3) is 0.286. The summed E-state index contributed by atoms with van der Waals surface area (Å²) in [6.45, 7) is 6.35. The van der Waals surface area contributed by atoms with Gasteiger partial charge in [-0.2, -0.15) is 0 Å². The van der Waals surface area contributed by atoms with Crippen molar-refractivity contribution >= 4 is 17.7 Å². The normalized spacial score (nSPS) is 12.1. The van der Waals surface area contributed by atoms with Crippen molar-refractivity contribution in [1.29, 1.82) is 0 Å². The molecule has 0 bridgehead atoms. The molecule has 0 radical (unpaired) electrons. The van der Waals surface area contributed by atoms with Crippen LogP contribution in [0.2, 0.25) is 0 Å². The van der Waals surface area contributed by atoms with Crippen LogP contribution in [0.3, 0.4) is 0 Å². The van der Waals surface area contributed by atoms with Crippen LogP contribution in [0.1, 0.15) is 42.9 Å². The Hall–Kier alpha value is -1.30. The molecule has 0 aromatic heterocycles. The third-order valence-electron chi connectivity index (χ3n) is 2.77. The van der Waals surface area contributed by atoms with E-state index < -0.39 is 0 Å². The zero-order valence-corrected chi connectivity index (χ0v) is 8.72. The molecule has 1 aliphatic rings. The van der Waals surface area contributed by atoms with Crippen LogP contribution in [0.15, 0.2) is 24.8 Å². The molecule has 1 aromatic rings. The molecule has 0 aliphatic heterocycles. The van der Waals surface area contributed by atoms with Gasteiger partial charge in [0.1, 0.15) is 0 Å². The van der Waals surface area contributed by atoms with Crippen LogP contribution in [0, 0.1) is 0 Å². The van der Waals surface area contributed by atoms with Crippen molar-refractivity contribution in [3.8, 4) is 0 Å². The Bertz CT molecular complexity index is 383. The van der Waals surface area contributed by atoms with E-state index in [4.69, 9.17) is 0 Å². The Balaban J connectivity index is 2.10. The molecule has 72 valence electrons. The second kappa shape index (κ2) is 3.83. The van der Waals surface area contributed by atoms with Crippen LogP contribution in [0.25, 0.3) is 17.7 Å². The highest BCUT2D eigenvalue weighted by molar-refractivity contribution is 5.87. The summed E-state index contributed by atoms with van der Waals surface area (Å²) < 4.78 is 0. The SMILES string of the molecule is C=C(CCCC)c1ccc2c(c1)C=C2.